The van der Waals surface area contributed by atoms with E-state index in [-0.39, 0.29) is 17.0 Å². The first-order valence-corrected chi connectivity index (χ1v) is 6.21. The summed E-state index contributed by atoms with van der Waals surface area (Å²) in [7, 11) is 0. The number of halogens is 5. The standard InChI is InChI=1S/C15H9ClF4/c16-8-10(14-2-1-11(17)7-15(14)20)3-9-4-12(18)6-13(19)5-9/h1-7H,8H2/b10-3+. The molecule has 0 amide bonds. The van der Waals surface area contributed by atoms with Crippen molar-refractivity contribution < 1.29 is 17.6 Å². The van der Waals surface area contributed by atoms with E-state index in [1.165, 1.54) is 12.1 Å². The van der Waals surface area contributed by atoms with Gasteiger partial charge in [-0.05, 0) is 41.5 Å². The molecule has 0 nitrogen and oxygen atoms in total. The van der Waals surface area contributed by atoms with E-state index < -0.39 is 23.3 Å². The summed E-state index contributed by atoms with van der Waals surface area (Å²) >= 11 is 5.73. The van der Waals surface area contributed by atoms with Gasteiger partial charge in [0.1, 0.15) is 23.3 Å². The van der Waals surface area contributed by atoms with E-state index in [4.69, 9.17) is 11.6 Å². The van der Waals surface area contributed by atoms with Crippen LogP contribution in [-0.2, 0) is 0 Å². The van der Waals surface area contributed by atoms with Gasteiger partial charge in [-0.1, -0.05) is 0 Å². The highest BCUT2D eigenvalue weighted by atomic mass is 35.5. The first kappa shape index (κ1) is 14.6. The van der Waals surface area contributed by atoms with Crippen LogP contribution >= 0.6 is 11.6 Å². The zero-order chi connectivity index (χ0) is 14.7. The van der Waals surface area contributed by atoms with Crippen LogP contribution in [0.5, 0.6) is 0 Å². The first-order chi connectivity index (χ1) is 9.49. The summed E-state index contributed by atoms with van der Waals surface area (Å²) in [4.78, 5) is 0. The lowest BCUT2D eigenvalue weighted by atomic mass is 10.0. The Morgan fingerprint density at radius 1 is 0.900 bits per heavy atom. The summed E-state index contributed by atoms with van der Waals surface area (Å²) in [6.45, 7) is 0. The minimum atomic E-state index is -0.784. The van der Waals surface area contributed by atoms with Crippen LogP contribution in [0, 0.1) is 23.3 Å². The molecule has 0 aromatic heterocycles. The minimum absolute atomic E-state index is 0.0827. The van der Waals surface area contributed by atoms with E-state index in [0.29, 0.717) is 5.57 Å². The fourth-order valence-corrected chi connectivity index (χ4v) is 2.02. The molecule has 0 aliphatic rings. The van der Waals surface area contributed by atoms with Crippen LogP contribution in [-0.4, -0.2) is 5.88 Å². The van der Waals surface area contributed by atoms with Crippen LogP contribution in [0.1, 0.15) is 11.1 Å². The third-order valence-corrected chi connectivity index (χ3v) is 2.93. The van der Waals surface area contributed by atoms with Gasteiger partial charge in [-0.15, -0.1) is 11.6 Å². The quantitative estimate of drug-likeness (QED) is 0.424. The summed E-state index contributed by atoms with van der Waals surface area (Å²) in [6, 6.07) is 5.96. The van der Waals surface area contributed by atoms with Crippen molar-refractivity contribution in [1.29, 1.82) is 0 Å². The second-order valence-corrected chi connectivity index (χ2v) is 4.40. The van der Waals surface area contributed by atoms with Crippen molar-refractivity contribution >= 4 is 23.3 Å². The van der Waals surface area contributed by atoms with Crippen LogP contribution in [0.2, 0.25) is 0 Å². The van der Waals surface area contributed by atoms with E-state index in [0.717, 1.165) is 30.3 Å². The van der Waals surface area contributed by atoms with Gasteiger partial charge in [-0.2, -0.15) is 0 Å². The highest BCUT2D eigenvalue weighted by Gasteiger charge is 2.09. The number of benzene rings is 2. The van der Waals surface area contributed by atoms with Crippen molar-refractivity contribution in [3.05, 3.63) is 70.8 Å². The Labute approximate surface area is 118 Å². The van der Waals surface area contributed by atoms with Gasteiger partial charge in [0.2, 0.25) is 0 Å². The third kappa shape index (κ3) is 3.39. The molecule has 0 radical (unpaired) electrons. The second-order valence-electron chi connectivity index (χ2n) is 4.13. The summed E-state index contributed by atoms with van der Waals surface area (Å²) in [6.07, 6.45) is 1.36. The van der Waals surface area contributed by atoms with Gasteiger partial charge in [0.25, 0.3) is 0 Å². The largest absolute Gasteiger partial charge is 0.207 e. The van der Waals surface area contributed by atoms with Gasteiger partial charge in [-0.3, -0.25) is 0 Å². The van der Waals surface area contributed by atoms with Crippen molar-refractivity contribution in [2.45, 2.75) is 0 Å². The van der Waals surface area contributed by atoms with Gasteiger partial charge in [0, 0.05) is 23.6 Å². The maximum absolute atomic E-state index is 13.7. The molecule has 0 fully saturated rings. The molecule has 0 atom stereocenters. The van der Waals surface area contributed by atoms with Gasteiger partial charge in [0.05, 0.1) is 0 Å². The van der Waals surface area contributed by atoms with E-state index in [2.05, 4.69) is 0 Å². The molecule has 0 saturated heterocycles. The predicted octanol–water partition coefficient (Wildman–Crippen LogP) is 5.02. The van der Waals surface area contributed by atoms with Crippen molar-refractivity contribution in [2.24, 2.45) is 0 Å². The molecule has 0 aliphatic carbocycles. The molecular formula is C15H9ClF4. The van der Waals surface area contributed by atoms with E-state index >= 15 is 0 Å². The molecule has 20 heavy (non-hydrogen) atoms. The number of allylic oxidation sites excluding steroid dienone is 1. The van der Waals surface area contributed by atoms with Crippen molar-refractivity contribution in [3.63, 3.8) is 0 Å². The molecule has 0 spiro atoms. The molecule has 2 aromatic rings. The topological polar surface area (TPSA) is 0 Å². The number of hydrogen-bond donors (Lipinski definition) is 0. The molecule has 0 saturated carbocycles. The summed E-state index contributed by atoms with van der Waals surface area (Å²) in [5.74, 6) is -3.07. The Bertz CT molecular complexity index is 645. The number of hydrogen-bond acceptors (Lipinski definition) is 0. The molecule has 0 bridgehead atoms. The highest BCUT2D eigenvalue weighted by molar-refractivity contribution is 6.24. The van der Waals surface area contributed by atoms with Crippen LogP contribution in [0.25, 0.3) is 11.6 Å². The maximum atomic E-state index is 13.7. The average molecular weight is 301 g/mol. The molecule has 2 aromatic carbocycles. The summed E-state index contributed by atoms with van der Waals surface area (Å²) in [5, 5.41) is 0. The predicted molar refractivity (Wildman–Crippen MR) is 71.3 cm³/mol. The van der Waals surface area contributed by atoms with Gasteiger partial charge < -0.3 is 0 Å². The third-order valence-electron chi connectivity index (χ3n) is 2.65. The van der Waals surface area contributed by atoms with Crippen LogP contribution in [0.3, 0.4) is 0 Å². The van der Waals surface area contributed by atoms with E-state index in [1.807, 2.05) is 0 Å². The SMILES string of the molecule is Fc1cc(F)cc(/C=C(\CCl)c2ccc(F)cc2F)c1. The molecule has 0 aliphatic heterocycles. The number of alkyl halides is 1. The van der Waals surface area contributed by atoms with Gasteiger partial charge in [-0.25, -0.2) is 17.6 Å². The Morgan fingerprint density at radius 2 is 1.55 bits per heavy atom. The molecular weight excluding hydrogens is 292 g/mol. The van der Waals surface area contributed by atoms with E-state index in [9.17, 15) is 17.6 Å². The van der Waals surface area contributed by atoms with Crippen LogP contribution in [0.15, 0.2) is 36.4 Å². The Hall–Kier alpha value is -1.81. The fraction of sp³-hybridized carbons (Fsp3) is 0.0667. The lowest BCUT2D eigenvalue weighted by Gasteiger charge is -2.06. The first-order valence-electron chi connectivity index (χ1n) is 5.67. The van der Waals surface area contributed by atoms with Crippen LogP contribution in [0.4, 0.5) is 17.6 Å². The van der Waals surface area contributed by atoms with E-state index in [1.54, 1.807) is 0 Å². The molecule has 0 N–H and O–H groups in total. The second kappa shape index (κ2) is 6.09. The zero-order valence-corrected chi connectivity index (χ0v) is 10.9. The maximum Gasteiger partial charge on any atom is 0.133 e. The van der Waals surface area contributed by atoms with Gasteiger partial charge >= 0.3 is 0 Å². The van der Waals surface area contributed by atoms with Crippen molar-refractivity contribution in [2.75, 3.05) is 5.88 Å². The van der Waals surface area contributed by atoms with Crippen molar-refractivity contribution in [1.82, 2.24) is 0 Å². The molecule has 0 heterocycles. The Morgan fingerprint density at radius 3 is 2.10 bits per heavy atom. The lowest BCUT2D eigenvalue weighted by Crippen LogP contribution is -1.93. The Balaban J connectivity index is 2.48. The highest BCUT2D eigenvalue weighted by Crippen LogP contribution is 2.23. The molecule has 104 valence electrons. The smallest absolute Gasteiger partial charge is 0.133 e. The normalized spacial score (nSPS) is 11.8. The van der Waals surface area contributed by atoms with Crippen molar-refractivity contribution in [3.8, 4) is 0 Å². The van der Waals surface area contributed by atoms with Crippen LogP contribution < -0.4 is 0 Å². The molecule has 2 rings (SSSR count). The average Bonchev–Trinajstić information content (AvgIpc) is 2.35. The van der Waals surface area contributed by atoms with Gasteiger partial charge in [0.15, 0.2) is 0 Å². The lowest BCUT2D eigenvalue weighted by molar-refractivity contribution is 0.581. The molecule has 5 heteroatoms. The minimum Gasteiger partial charge on any atom is -0.207 e. The fourth-order valence-electron chi connectivity index (χ4n) is 1.80. The zero-order valence-electron chi connectivity index (χ0n) is 10.1. The Kier molecular flexibility index (Phi) is 4.45. The monoisotopic (exact) mass is 300 g/mol. The summed E-state index contributed by atoms with van der Waals surface area (Å²) < 4.78 is 52.7. The number of rotatable bonds is 3. The summed E-state index contributed by atoms with van der Waals surface area (Å²) in [5.41, 5.74) is 0.599. The molecule has 0 unspecified atom stereocenters.